The number of anilines is 2. The highest BCUT2D eigenvalue weighted by atomic mass is 35.5. The van der Waals surface area contributed by atoms with Crippen LogP contribution in [0, 0.1) is 5.82 Å². The number of aliphatic hydroxyl groups excluding tert-OH is 1. The van der Waals surface area contributed by atoms with Gasteiger partial charge in [-0.1, -0.05) is 35.9 Å². The number of fused-ring (bicyclic) bond motifs is 1. The highest BCUT2D eigenvalue weighted by molar-refractivity contribution is 6.31. The fraction of sp³-hybridized carbons (Fsp3) is 0.154. The molecule has 0 aliphatic heterocycles. The van der Waals surface area contributed by atoms with Gasteiger partial charge in [-0.3, -0.25) is 9.59 Å². The van der Waals surface area contributed by atoms with Crippen molar-refractivity contribution in [2.45, 2.75) is 12.8 Å². The molecule has 1 aromatic heterocycles. The smallest absolute Gasteiger partial charge is 0.188 e. The molecule has 1 heterocycles. The molecule has 7 nitrogen and oxygen atoms in total. The number of hydrogen-bond acceptors (Lipinski definition) is 7. The van der Waals surface area contributed by atoms with E-state index in [2.05, 4.69) is 15.3 Å². The molecule has 0 unspecified atom stereocenters. The Morgan fingerprint density at radius 3 is 2.51 bits per heavy atom. The van der Waals surface area contributed by atoms with E-state index in [9.17, 15) is 14.0 Å². The van der Waals surface area contributed by atoms with Crippen molar-refractivity contribution in [3.63, 3.8) is 0 Å². The first-order valence-electron chi connectivity index (χ1n) is 10.7. The second kappa shape index (κ2) is 10.6. The number of ketones is 2. The zero-order chi connectivity index (χ0) is 24.9. The van der Waals surface area contributed by atoms with E-state index in [1.54, 1.807) is 42.5 Å². The van der Waals surface area contributed by atoms with Gasteiger partial charge in [-0.15, -0.1) is 0 Å². The number of benzene rings is 3. The number of methoxy groups -OCH3 is 1. The van der Waals surface area contributed by atoms with Gasteiger partial charge in [-0.25, -0.2) is 14.4 Å². The number of hydrogen-bond donors (Lipinski definition) is 2. The third-order valence-corrected chi connectivity index (χ3v) is 5.72. The quantitative estimate of drug-likeness (QED) is 0.326. The maximum absolute atomic E-state index is 13.5. The van der Waals surface area contributed by atoms with E-state index in [1.807, 2.05) is 0 Å². The van der Waals surface area contributed by atoms with E-state index in [-0.39, 0.29) is 29.4 Å². The lowest BCUT2D eigenvalue weighted by Gasteiger charge is -2.13. The lowest BCUT2D eigenvalue weighted by atomic mass is 9.99. The topological polar surface area (TPSA) is 101 Å². The van der Waals surface area contributed by atoms with Crippen LogP contribution in [0.5, 0.6) is 5.75 Å². The van der Waals surface area contributed by atoms with Crippen LogP contribution in [-0.4, -0.2) is 40.4 Å². The molecule has 9 heteroatoms. The summed E-state index contributed by atoms with van der Waals surface area (Å²) in [6.45, 7) is -0.561. The third-order valence-electron chi connectivity index (χ3n) is 5.43. The van der Waals surface area contributed by atoms with Gasteiger partial charge >= 0.3 is 0 Å². The molecule has 0 aliphatic carbocycles. The number of ether oxygens (including phenoxy) is 1. The molecule has 0 spiro atoms. The molecule has 2 N–H and O–H groups in total. The average Bonchev–Trinajstić information content (AvgIpc) is 2.86. The van der Waals surface area contributed by atoms with E-state index >= 15 is 0 Å². The van der Waals surface area contributed by atoms with Gasteiger partial charge in [-0.2, -0.15) is 0 Å². The van der Waals surface area contributed by atoms with Crippen molar-refractivity contribution in [1.29, 1.82) is 0 Å². The van der Waals surface area contributed by atoms with E-state index in [0.717, 1.165) is 5.56 Å². The number of carbonyl (C=O) groups is 2. The van der Waals surface area contributed by atoms with Gasteiger partial charge in [0.1, 0.15) is 36.1 Å². The van der Waals surface area contributed by atoms with Crippen LogP contribution in [0.4, 0.5) is 15.9 Å². The van der Waals surface area contributed by atoms with Gasteiger partial charge < -0.3 is 15.2 Å². The SMILES string of the molecule is COc1cc2ncnc(Nc3ccc(F)c(Cl)c3)c2cc1CC(=O)Cc1ccc(C(=O)CO)cc1. The van der Waals surface area contributed by atoms with Crippen molar-refractivity contribution in [3.8, 4) is 5.75 Å². The molecule has 178 valence electrons. The Hall–Kier alpha value is -3.88. The van der Waals surface area contributed by atoms with Crippen LogP contribution in [0.25, 0.3) is 10.9 Å². The van der Waals surface area contributed by atoms with E-state index in [0.29, 0.717) is 39.3 Å². The molecular weight excluding hydrogens is 473 g/mol. The molecule has 0 fully saturated rings. The van der Waals surface area contributed by atoms with Gasteiger partial charge in [0.15, 0.2) is 5.78 Å². The summed E-state index contributed by atoms with van der Waals surface area (Å²) >= 11 is 5.89. The van der Waals surface area contributed by atoms with Gasteiger partial charge in [0.05, 0.1) is 17.6 Å². The molecule has 3 aromatic carbocycles. The first kappa shape index (κ1) is 24.3. The van der Waals surface area contributed by atoms with Crippen LogP contribution in [0.1, 0.15) is 21.5 Å². The molecule has 0 saturated heterocycles. The molecular formula is C26H21ClFN3O4. The first-order chi connectivity index (χ1) is 16.9. The van der Waals surface area contributed by atoms with Crippen LogP contribution in [-0.2, 0) is 17.6 Å². The van der Waals surface area contributed by atoms with Crippen molar-refractivity contribution in [2.75, 3.05) is 19.0 Å². The summed E-state index contributed by atoms with van der Waals surface area (Å²) in [7, 11) is 1.52. The van der Waals surface area contributed by atoms with Crippen molar-refractivity contribution < 1.29 is 23.8 Å². The zero-order valence-corrected chi connectivity index (χ0v) is 19.5. The molecule has 0 bridgehead atoms. The number of carbonyl (C=O) groups excluding carboxylic acids is 2. The second-order valence-corrected chi connectivity index (χ2v) is 8.24. The fourth-order valence-electron chi connectivity index (χ4n) is 3.67. The van der Waals surface area contributed by atoms with E-state index in [1.165, 1.54) is 25.6 Å². The van der Waals surface area contributed by atoms with Gasteiger partial charge in [0.2, 0.25) is 0 Å². The minimum Gasteiger partial charge on any atom is -0.496 e. The Labute approximate surface area is 205 Å². The Bertz CT molecular complexity index is 1410. The number of rotatable bonds is 9. The highest BCUT2D eigenvalue weighted by Crippen LogP contribution is 2.31. The molecule has 35 heavy (non-hydrogen) atoms. The summed E-state index contributed by atoms with van der Waals surface area (Å²) in [6.07, 6.45) is 1.66. The minimum absolute atomic E-state index is 0.0184. The van der Waals surface area contributed by atoms with Gasteiger partial charge in [0.25, 0.3) is 0 Å². The Morgan fingerprint density at radius 2 is 1.83 bits per heavy atom. The average molecular weight is 494 g/mol. The number of nitrogens with zero attached hydrogens (tertiary/aromatic N) is 2. The number of halogens is 2. The standard InChI is InChI=1S/C26H21ClFN3O4/c1-35-25-12-23-20(26(30-14-29-23)31-18-6-7-22(28)21(27)11-18)10-17(25)9-19(33)8-15-2-4-16(5-3-15)24(34)13-32/h2-7,10-12,14,32H,8-9,13H2,1H3,(H,29,30,31). The first-order valence-corrected chi connectivity index (χ1v) is 11.0. The largest absolute Gasteiger partial charge is 0.496 e. The molecule has 4 aromatic rings. The Kier molecular flexibility index (Phi) is 7.33. The van der Waals surface area contributed by atoms with Crippen molar-refractivity contribution >= 4 is 45.6 Å². The Balaban J connectivity index is 1.59. The number of Topliss-reactive ketones (excluding diaryl/α,β-unsaturated/α-hetero) is 2. The van der Waals surface area contributed by atoms with E-state index in [4.69, 9.17) is 21.4 Å². The molecule has 0 amide bonds. The zero-order valence-electron chi connectivity index (χ0n) is 18.7. The maximum atomic E-state index is 13.5. The summed E-state index contributed by atoms with van der Waals surface area (Å²) in [6, 6.07) is 14.4. The third kappa shape index (κ3) is 5.62. The van der Waals surface area contributed by atoms with Crippen molar-refractivity contribution in [1.82, 2.24) is 9.97 Å². The van der Waals surface area contributed by atoms with Crippen molar-refractivity contribution in [3.05, 3.63) is 88.5 Å². The van der Waals surface area contributed by atoms with E-state index < -0.39 is 12.4 Å². The maximum Gasteiger partial charge on any atom is 0.188 e. The summed E-state index contributed by atoms with van der Waals surface area (Å²) in [5, 5.41) is 12.7. The molecule has 0 atom stereocenters. The summed E-state index contributed by atoms with van der Waals surface area (Å²) in [4.78, 5) is 33.0. The predicted octanol–water partition coefficient (Wildman–Crippen LogP) is 4.70. The molecule has 0 saturated carbocycles. The van der Waals surface area contributed by atoms with Crippen LogP contribution in [0.2, 0.25) is 5.02 Å². The summed E-state index contributed by atoms with van der Waals surface area (Å²) in [5.74, 6) is 0.0335. The number of nitrogens with one attached hydrogen (secondary N) is 1. The number of aliphatic hydroxyl groups is 1. The van der Waals surface area contributed by atoms with Crippen LogP contribution in [0.15, 0.2) is 60.9 Å². The normalized spacial score (nSPS) is 10.9. The lowest BCUT2D eigenvalue weighted by molar-refractivity contribution is -0.117. The molecule has 0 aliphatic rings. The van der Waals surface area contributed by atoms with Crippen LogP contribution >= 0.6 is 11.6 Å². The van der Waals surface area contributed by atoms with Gasteiger partial charge in [0, 0.05) is 41.1 Å². The van der Waals surface area contributed by atoms with Crippen LogP contribution < -0.4 is 10.1 Å². The number of aromatic nitrogens is 2. The highest BCUT2D eigenvalue weighted by Gasteiger charge is 2.15. The lowest BCUT2D eigenvalue weighted by Crippen LogP contribution is -2.09. The molecule has 4 rings (SSSR count). The van der Waals surface area contributed by atoms with Crippen molar-refractivity contribution in [2.24, 2.45) is 0 Å². The van der Waals surface area contributed by atoms with Gasteiger partial charge in [-0.05, 0) is 29.8 Å². The monoisotopic (exact) mass is 493 g/mol. The summed E-state index contributed by atoms with van der Waals surface area (Å²) in [5.41, 5.74) is 2.96. The predicted molar refractivity (Wildman–Crippen MR) is 131 cm³/mol. The Morgan fingerprint density at radius 1 is 1.06 bits per heavy atom. The second-order valence-electron chi connectivity index (χ2n) is 7.83. The fourth-order valence-corrected chi connectivity index (χ4v) is 3.85. The minimum atomic E-state index is -0.561. The van der Waals surface area contributed by atoms with Crippen LogP contribution in [0.3, 0.4) is 0 Å². The molecule has 0 radical (unpaired) electrons. The summed E-state index contributed by atoms with van der Waals surface area (Å²) < 4.78 is 19.0.